The van der Waals surface area contributed by atoms with Gasteiger partial charge in [0, 0.05) is 18.2 Å². The number of pyridine rings is 1. The fourth-order valence-corrected chi connectivity index (χ4v) is 1.21. The normalized spacial score (nSPS) is 10.1. The van der Waals surface area contributed by atoms with Crippen molar-refractivity contribution in [3.63, 3.8) is 0 Å². The predicted octanol–water partition coefficient (Wildman–Crippen LogP) is 3.06. The molecule has 2 rings (SSSR count). The number of hydrogen-bond acceptors (Lipinski definition) is 4. The lowest BCUT2D eigenvalue weighted by Crippen LogP contribution is -1.93. The summed E-state index contributed by atoms with van der Waals surface area (Å²) in [4.78, 5) is 13.4. The number of aromatic nitrogens is 1. The first-order chi connectivity index (χ1) is 8.56. The Morgan fingerprint density at radius 2 is 2.00 bits per heavy atom. The van der Waals surface area contributed by atoms with Crippen molar-refractivity contribution in [1.82, 2.24) is 4.98 Å². The van der Waals surface area contributed by atoms with E-state index in [-0.39, 0.29) is 17.3 Å². The van der Waals surface area contributed by atoms with Gasteiger partial charge in [0.15, 0.2) is 11.6 Å². The number of halogens is 2. The van der Waals surface area contributed by atoms with Gasteiger partial charge in [-0.2, -0.15) is 0 Å². The summed E-state index contributed by atoms with van der Waals surface area (Å²) in [5.74, 6) is -1.84. The second-order valence-electron chi connectivity index (χ2n) is 3.29. The number of hydrogen-bond donors (Lipinski definition) is 0. The minimum atomic E-state index is -0.879. The van der Waals surface area contributed by atoms with E-state index >= 15 is 0 Å². The van der Waals surface area contributed by atoms with E-state index in [1.54, 1.807) is 0 Å². The van der Waals surface area contributed by atoms with Gasteiger partial charge in [0.1, 0.15) is 12.0 Å². The maximum Gasteiger partial charge on any atom is 0.287 e. The van der Waals surface area contributed by atoms with Crippen molar-refractivity contribution in [2.45, 2.75) is 0 Å². The van der Waals surface area contributed by atoms with Crippen LogP contribution >= 0.6 is 0 Å². The smallest absolute Gasteiger partial charge is 0.287 e. The van der Waals surface area contributed by atoms with Crippen LogP contribution in [-0.4, -0.2) is 9.91 Å². The third-order valence-corrected chi connectivity index (χ3v) is 2.04. The second-order valence-corrected chi connectivity index (χ2v) is 3.29. The van der Waals surface area contributed by atoms with Gasteiger partial charge in [-0.05, 0) is 12.1 Å². The maximum absolute atomic E-state index is 13.2. The molecule has 0 fully saturated rings. The number of nitro groups is 1. The van der Waals surface area contributed by atoms with Crippen molar-refractivity contribution in [3.05, 3.63) is 58.3 Å². The molecule has 1 aromatic carbocycles. The summed E-state index contributed by atoms with van der Waals surface area (Å²) in [7, 11) is 0. The highest BCUT2D eigenvalue weighted by Gasteiger charge is 2.09. The number of ether oxygens (including phenoxy) is 1. The zero-order valence-electron chi connectivity index (χ0n) is 8.84. The van der Waals surface area contributed by atoms with Crippen LogP contribution in [0.3, 0.4) is 0 Å². The Morgan fingerprint density at radius 3 is 2.56 bits per heavy atom. The van der Waals surface area contributed by atoms with Crippen molar-refractivity contribution >= 4 is 5.69 Å². The van der Waals surface area contributed by atoms with Gasteiger partial charge in [0.05, 0.1) is 4.92 Å². The van der Waals surface area contributed by atoms with Crippen molar-refractivity contribution in [1.29, 1.82) is 0 Å². The highest BCUT2D eigenvalue weighted by atomic mass is 19.1. The van der Waals surface area contributed by atoms with Gasteiger partial charge in [-0.3, -0.25) is 10.1 Å². The van der Waals surface area contributed by atoms with Gasteiger partial charge in [-0.1, -0.05) is 0 Å². The Balaban J connectivity index is 2.21. The summed E-state index contributed by atoms with van der Waals surface area (Å²) >= 11 is 0. The number of rotatable bonds is 3. The molecule has 0 bridgehead atoms. The quantitative estimate of drug-likeness (QED) is 0.622. The third kappa shape index (κ3) is 2.57. The SMILES string of the molecule is O=[N+]([O-])c1ccc(Oc2ccc(F)cc2F)nc1. The van der Waals surface area contributed by atoms with Gasteiger partial charge in [0.2, 0.25) is 5.88 Å². The lowest BCUT2D eigenvalue weighted by molar-refractivity contribution is -0.385. The molecule has 0 aliphatic heterocycles. The fourth-order valence-electron chi connectivity index (χ4n) is 1.21. The molecule has 2 aromatic rings. The number of nitrogens with zero attached hydrogens (tertiary/aromatic N) is 2. The monoisotopic (exact) mass is 252 g/mol. The average molecular weight is 252 g/mol. The molecule has 0 aliphatic rings. The summed E-state index contributed by atoms with van der Waals surface area (Å²) in [5, 5.41) is 10.4. The van der Waals surface area contributed by atoms with Gasteiger partial charge < -0.3 is 4.74 Å². The molecule has 0 amide bonds. The molecule has 0 unspecified atom stereocenters. The minimum Gasteiger partial charge on any atom is -0.436 e. The van der Waals surface area contributed by atoms with E-state index in [1.807, 2.05) is 0 Å². The Bertz CT molecular complexity index is 587. The van der Waals surface area contributed by atoms with Gasteiger partial charge >= 0.3 is 0 Å². The van der Waals surface area contributed by atoms with Crippen LogP contribution in [0.25, 0.3) is 0 Å². The second kappa shape index (κ2) is 4.74. The van der Waals surface area contributed by atoms with E-state index in [9.17, 15) is 18.9 Å². The summed E-state index contributed by atoms with van der Waals surface area (Å²) in [6.45, 7) is 0. The molecule has 0 atom stereocenters. The van der Waals surface area contributed by atoms with E-state index in [0.717, 1.165) is 18.3 Å². The molecule has 1 aromatic heterocycles. The van der Waals surface area contributed by atoms with E-state index < -0.39 is 16.6 Å². The van der Waals surface area contributed by atoms with Crippen molar-refractivity contribution in [3.8, 4) is 11.6 Å². The summed E-state index contributed by atoms with van der Waals surface area (Å²) in [6, 6.07) is 5.20. The first-order valence-electron chi connectivity index (χ1n) is 4.79. The van der Waals surface area contributed by atoms with Crippen LogP contribution in [0.15, 0.2) is 36.5 Å². The Kier molecular flexibility index (Phi) is 3.13. The van der Waals surface area contributed by atoms with Crippen LogP contribution < -0.4 is 4.74 Å². The zero-order chi connectivity index (χ0) is 13.1. The lowest BCUT2D eigenvalue weighted by atomic mass is 10.3. The Hall–Kier alpha value is -2.57. The molecule has 0 aliphatic carbocycles. The molecule has 0 saturated heterocycles. The molecule has 7 heteroatoms. The van der Waals surface area contributed by atoms with E-state index in [1.165, 1.54) is 12.1 Å². The topological polar surface area (TPSA) is 65.3 Å². The minimum absolute atomic E-state index is 0.0221. The third-order valence-electron chi connectivity index (χ3n) is 2.04. The van der Waals surface area contributed by atoms with Gasteiger partial charge in [-0.15, -0.1) is 0 Å². The zero-order valence-corrected chi connectivity index (χ0v) is 8.84. The molecular formula is C11H6F2N2O3. The predicted molar refractivity (Wildman–Crippen MR) is 57.3 cm³/mol. The maximum atomic E-state index is 13.2. The number of benzene rings is 1. The highest BCUT2D eigenvalue weighted by molar-refractivity contribution is 5.33. The molecule has 0 saturated carbocycles. The standard InChI is InChI=1S/C11H6F2N2O3/c12-7-1-3-10(9(13)5-7)18-11-4-2-8(6-14-11)15(16)17/h1-6H. The van der Waals surface area contributed by atoms with Crippen LogP contribution in [0.5, 0.6) is 11.6 Å². The molecule has 5 nitrogen and oxygen atoms in total. The van der Waals surface area contributed by atoms with Crippen LogP contribution in [-0.2, 0) is 0 Å². The summed E-state index contributed by atoms with van der Waals surface area (Å²) in [6.07, 6.45) is 0.983. The van der Waals surface area contributed by atoms with Gasteiger partial charge in [-0.25, -0.2) is 13.8 Å². The Morgan fingerprint density at radius 1 is 1.22 bits per heavy atom. The first-order valence-corrected chi connectivity index (χ1v) is 4.79. The molecule has 0 radical (unpaired) electrons. The summed E-state index contributed by atoms with van der Waals surface area (Å²) < 4.78 is 30.9. The molecule has 92 valence electrons. The molecular weight excluding hydrogens is 246 g/mol. The van der Waals surface area contributed by atoms with E-state index in [0.29, 0.717) is 6.07 Å². The summed E-state index contributed by atoms with van der Waals surface area (Å²) in [5.41, 5.74) is -0.207. The first kappa shape index (κ1) is 11.9. The largest absolute Gasteiger partial charge is 0.436 e. The fraction of sp³-hybridized carbons (Fsp3) is 0. The Labute approximate surface area is 99.8 Å². The average Bonchev–Trinajstić information content (AvgIpc) is 2.33. The van der Waals surface area contributed by atoms with Crippen molar-refractivity contribution in [2.24, 2.45) is 0 Å². The molecule has 0 spiro atoms. The van der Waals surface area contributed by atoms with Crippen LogP contribution in [0.1, 0.15) is 0 Å². The van der Waals surface area contributed by atoms with E-state index in [2.05, 4.69) is 4.98 Å². The van der Waals surface area contributed by atoms with E-state index in [4.69, 9.17) is 4.74 Å². The van der Waals surface area contributed by atoms with Crippen LogP contribution in [0, 0.1) is 21.7 Å². The molecule has 18 heavy (non-hydrogen) atoms. The lowest BCUT2D eigenvalue weighted by Gasteiger charge is -2.05. The highest BCUT2D eigenvalue weighted by Crippen LogP contribution is 2.24. The van der Waals surface area contributed by atoms with Crippen LogP contribution in [0.2, 0.25) is 0 Å². The van der Waals surface area contributed by atoms with Crippen molar-refractivity contribution in [2.75, 3.05) is 0 Å². The van der Waals surface area contributed by atoms with Crippen molar-refractivity contribution < 1.29 is 18.4 Å². The molecule has 1 heterocycles. The van der Waals surface area contributed by atoms with Gasteiger partial charge in [0.25, 0.3) is 5.69 Å². The molecule has 0 N–H and O–H groups in total. The van der Waals surface area contributed by atoms with Crippen LogP contribution in [0.4, 0.5) is 14.5 Å².